The normalized spacial score (nSPS) is 12.4. The molecule has 0 amide bonds. The molecule has 0 saturated carbocycles. The molecule has 0 rings (SSSR count). The first-order valence-electron chi connectivity index (χ1n) is 3.37. The lowest BCUT2D eigenvalue weighted by Crippen LogP contribution is -1.95. The van der Waals surface area contributed by atoms with Gasteiger partial charge in [0.25, 0.3) is 0 Å². The third kappa shape index (κ3) is 5.88. The summed E-state index contributed by atoms with van der Waals surface area (Å²) in [6.45, 7) is 3.70. The highest BCUT2D eigenvalue weighted by atomic mass is 32.2. The lowest BCUT2D eigenvalue weighted by Gasteiger charge is -1.97. The molecule has 0 atom stereocenters. The van der Waals surface area contributed by atoms with E-state index >= 15 is 0 Å². The number of rotatable bonds is 5. The van der Waals surface area contributed by atoms with E-state index in [1.54, 1.807) is 25.2 Å². The lowest BCUT2D eigenvalue weighted by atomic mass is 10.3. The zero-order chi connectivity index (χ0) is 8.53. The molecule has 0 unspecified atom stereocenters. The molecule has 2 nitrogen and oxygen atoms in total. The minimum absolute atomic E-state index is 0.923. The number of nitrogens with zero attached hydrogens (tertiary/aromatic N) is 1. The van der Waals surface area contributed by atoms with Gasteiger partial charge in [0.1, 0.15) is 0 Å². The highest BCUT2D eigenvalue weighted by Gasteiger charge is 1.88. The SMILES string of the molecule is C=C/C(=C\C=NC)CSNC. The number of hydrogen-bond donors (Lipinski definition) is 1. The van der Waals surface area contributed by atoms with Gasteiger partial charge in [-0.25, -0.2) is 0 Å². The van der Waals surface area contributed by atoms with Crippen LogP contribution >= 0.6 is 11.9 Å². The van der Waals surface area contributed by atoms with E-state index in [0.29, 0.717) is 0 Å². The summed E-state index contributed by atoms with van der Waals surface area (Å²) >= 11 is 1.64. The Morgan fingerprint density at radius 2 is 2.45 bits per heavy atom. The van der Waals surface area contributed by atoms with Crippen LogP contribution in [0.15, 0.2) is 29.3 Å². The maximum Gasteiger partial charge on any atom is 0.0330 e. The minimum atomic E-state index is 0.923. The predicted octanol–water partition coefficient (Wildman–Crippen LogP) is 1.67. The zero-order valence-electron chi connectivity index (χ0n) is 7.00. The van der Waals surface area contributed by atoms with E-state index in [2.05, 4.69) is 16.3 Å². The van der Waals surface area contributed by atoms with Crippen LogP contribution in [-0.4, -0.2) is 26.1 Å². The van der Waals surface area contributed by atoms with Gasteiger partial charge in [-0.1, -0.05) is 24.6 Å². The van der Waals surface area contributed by atoms with Gasteiger partial charge in [0.15, 0.2) is 0 Å². The molecule has 0 aromatic carbocycles. The quantitative estimate of drug-likeness (QED) is 0.385. The van der Waals surface area contributed by atoms with E-state index in [4.69, 9.17) is 0 Å². The molecule has 0 aromatic rings. The molecular formula is C8H14N2S. The molecule has 0 bridgehead atoms. The van der Waals surface area contributed by atoms with Crippen LogP contribution in [0.5, 0.6) is 0 Å². The summed E-state index contributed by atoms with van der Waals surface area (Å²) in [5.74, 6) is 0.923. The first-order valence-corrected chi connectivity index (χ1v) is 4.36. The zero-order valence-corrected chi connectivity index (χ0v) is 7.82. The number of hydrogen-bond acceptors (Lipinski definition) is 3. The molecule has 0 aromatic heterocycles. The summed E-state index contributed by atoms with van der Waals surface area (Å²) in [6, 6.07) is 0. The van der Waals surface area contributed by atoms with Crippen molar-refractivity contribution in [2.45, 2.75) is 0 Å². The first-order chi connectivity index (χ1) is 5.35. The van der Waals surface area contributed by atoms with E-state index in [-0.39, 0.29) is 0 Å². The monoisotopic (exact) mass is 170 g/mol. The van der Waals surface area contributed by atoms with Gasteiger partial charge in [-0.05, 0) is 18.7 Å². The van der Waals surface area contributed by atoms with Crippen LogP contribution in [0.1, 0.15) is 0 Å². The van der Waals surface area contributed by atoms with E-state index in [0.717, 1.165) is 5.75 Å². The van der Waals surface area contributed by atoms with Crippen molar-refractivity contribution >= 4 is 18.2 Å². The van der Waals surface area contributed by atoms with Crippen LogP contribution in [0.4, 0.5) is 0 Å². The molecule has 0 radical (unpaired) electrons. The average molecular weight is 170 g/mol. The Morgan fingerprint density at radius 1 is 1.73 bits per heavy atom. The summed E-state index contributed by atoms with van der Waals surface area (Å²) in [7, 11) is 3.65. The first kappa shape index (κ1) is 10.5. The molecule has 0 aliphatic rings. The molecule has 0 saturated heterocycles. The summed E-state index contributed by atoms with van der Waals surface area (Å²) in [5.41, 5.74) is 1.18. The van der Waals surface area contributed by atoms with Crippen LogP contribution in [-0.2, 0) is 0 Å². The molecule has 0 spiro atoms. The molecule has 0 aliphatic heterocycles. The van der Waals surface area contributed by atoms with Crippen molar-refractivity contribution in [1.29, 1.82) is 0 Å². The second-order valence-electron chi connectivity index (χ2n) is 1.85. The van der Waals surface area contributed by atoms with Crippen molar-refractivity contribution in [2.75, 3.05) is 19.8 Å². The summed E-state index contributed by atoms with van der Waals surface area (Å²) in [6.07, 6.45) is 5.57. The molecule has 0 aliphatic carbocycles. The molecular weight excluding hydrogens is 156 g/mol. The standard InChI is InChI=1S/C8H14N2S/c1-4-8(5-6-9-2)7-11-10-3/h4-6,10H,1,7H2,2-3H3/b8-5+,9-6?. The smallest absolute Gasteiger partial charge is 0.0330 e. The van der Waals surface area contributed by atoms with Crippen LogP contribution in [0.25, 0.3) is 0 Å². The van der Waals surface area contributed by atoms with Crippen LogP contribution in [0, 0.1) is 0 Å². The Labute approximate surface area is 72.6 Å². The van der Waals surface area contributed by atoms with Crippen LogP contribution < -0.4 is 4.72 Å². The highest BCUT2D eigenvalue weighted by Crippen LogP contribution is 2.02. The van der Waals surface area contributed by atoms with E-state index in [9.17, 15) is 0 Å². The summed E-state index contributed by atoms with van der Waals surface area (Å²) in [5, 5.41) is 0. The second-order valence-corrected chi connectivity index (χ2v) is 2.83. The van der Waals surface area contributed by atoms with Gasteiger partial charge >= 0.3 is 0 Å². The lowest BCUT2D eigenvalue weighted by molar-refractivity contribution is 1.29. The van der Waals surface area contributed by atoms with Gasteiger partial charge in [-0.15, -0.1) is 0 Å². The Morgan fingerprint density at radius 3 is 2.91 bits per heavy atom. The van der Waals surface area contributed by atoms with Gasteiger partial charge in [0, 0.05) is 19.0 Å². The van der Waals surface area contributed by atoms with E-state index < -0.39 is 0 Å². The van der Waals surface area contributed by atoms with Crippen molar-refractivity contribution in [3.05, 3.63) is 24.3 Å². The van der Waals surface area contributed by atoms with Gasteiger partial charge in [-0.3, -0.25) is 9.71 Å². The second kappa shape index (κ2) is 7.57. The van der Waals surface area contributed by atoms with Crippen molar-refractivity contribution in [3.63, 3.8) is 0 Å². The molecule has 0 heterocycles. The van der Waals surface area contributed by atoms with Crippen molar-refractivity contribution < 1.29 is 0 Å². The fourth-order valence-corrected chi connectivity index (χ4v) is 1.03. The number of nitrogens with one attached hydrogen (secondary N) is 1. The van der Waals surface area contributed by atoms with Gasteiger partial charge in [0.05, 0.1) is 0 Å². The summed E-state index contributed by atoms with van der Waals surface area (Å²) in [4.78, 5) is 3.85. The number of aliphatic imine (C=N–C) groups is 1. The molecule has 62 valence electrons. The molecule has 3 heteroatoms. The Bertz CT molecular complexity index is 161. The van der Waals surface area contributed by atoms with Gasteiger partial charge in [0.2, 0.25) is 0 Å². The van der Waals surface area contributed by atoms with Crippen LogP contribution in [0.3, 0.4) is 0 Å². The largest absolute Gasteiger partial charge is 0.297 e. The Kier molecular flexibility index (Phi) is 7.19. The highest BCUT2D eigenvalue weighted by molar-refractivity contribution is 7.97. The van der Waals surface area contributed by atoms with E-state index in [1.807, 2.05) is 19.2 Å². The topological polar surface area (TPSA) is 24.4 Å². The minimum Gasteiger partial charge on any atom is -0.297 e. The number of allylic oxidation sites excluding steroid dienone is 2. The fraction of sp³-hybridized carbons (Fsp3) is 0.375. The summed E-state index contributed by atoms with van der Waals surface area (Å²) < 4.78 is 2.99. The van der Waals surface area contributed by atoms with Crippen LogP contribution in [0.2, 0.25) is 0 Å². The fourth-order valence-electron chi connectivity index (χ4n) is 0.501. The maximum absolute atomic E-state index is 3.85. The van der Waals surface area contributed by atoms with Gasteiger partial charge < -0.3 is 0 Å². The molecule has 0 fully saturated rings. The van der Waals surface area contributed by atoms with Crippen molar-refractivity contribution in [2.24, 2.45) is 4.99 Å². The van der Waals surface area contributed by atoms with Crippen molar-refractivity contribution in [1.82, 2.24) is 4.72 Å². The maximum atomic E-state index is 3.85. The average Bonchev–Trinajstić information content (AvgIpc) is 2.05. The van der Waals surface area contributed by atoms with Crippen molar-refractivity contribution in [3.8, 4) is 0 Å². The molecule has 1 N–H and O–H groups in total. The van der Waals surface area contributed by atoms with E-state index in [1.165, 1.54) is 5.57 Å². The predicted molar refractivity (Wildman–Crippen MR) is 54.2 cm³/mol. The third-order valence-electron chi connectivity index (χ3n) is 1.08. The third-order valence-corrected chi connectivity index (χ3v) is 1.85. The molecule has 11 heavy (non-hydrogen) atoms. The van der Waals surface area contributed by atoms with Gasteiger partial charge in [-0.2, -0.15) is 0 Å². The Balaban J connectivity index is 3.83. The Hall–Kier alpha value is -0.540.